The van der Waals surface area contributed by atoms with Gasteiger partial charge in [0.2, 0.25) is 0 Å². The largest absolute Gasteiger partial charge is 0.456 e. The Morgan fingerprint density at radius 3 is 2.40 bits per heavy atom. The van der Waals surface area contributed by atoms with E-state index < -0.39 is 5.97 Å². The van der Waals surface area contributed by atoms with Crippen LogP contribution in [0.5, 0.6) is 0 Å². The number of ether oxygens (including phenoxy) is 1. The summed E-state index contributed by atoms with van der Waals surface area (Å²) in [4.78, 5) is 24.3. The van der Waals surface area contributed by atoms with E-state index in [0.717, 1.165) is 11.3 Å². The first-order chi connectivity index (χ1) is 12.1. The molecule has 2 rings (SSSR count). The van der Waals surface area contributed by atoms with Gasteiger partial charge >= 0.3 is 5.97 Å². The second-order valence-corrected chi connectivity index (χ2v) is 6.48. The van der Waals surface area contributed by atoms with Crippen molar-refractivity contribution >= 4 is 29.3 Å². The molecule has 0 aromatic heterocycles. The molecule has 0 heterocycles. The molecular weight excluding hydrogens is 341 g/mol. The highest BCUT2D eigenvalue weighted by Crippen LogP contribution is 2.19. The van der Waals surface area contributed by atoms with Crippen LogP contribution < -0.4 is 5.32 Å². The van der Waals surface area contributed by atoms with Gasteiger partial charge < -0.3 is 10.1 Å². The quantitative estimate of drug-likeness (QED) is 0.569. The summed E-state index contributed by atoms with van der Waals surface area (Å²) in [5.41, 5.74) is 1.85. The second-order valence-electron chi connectivity index (χ2n) is 5.31. The van der Waals surface area contributed by atoms with E-state index in [-0.39, 0.29) is 24.8 Å². The fourth-order valence-corrected chi connectivity index (χ4v) is 2.86. The maximum atomic E-state index is 12.8. The van der Waals surface area contributed by atoms with E-state index in [1.807, 2.05) is 24.3 Å². The summed E-state index contributed by atoms with van der Waals surface area (Å²) in [6, 6.07) is 13.6. The van der Waals surface area contributed by atoms with Crippen molar-refractivity contribution in [2.45, 2.75) is 24.7 Å². The zero-order valence-electron chi connectivity index (χ0n) is 14.0. The Balaban J connectivity index is 1.64. The number of anilines is 1. The number of benzene rings is 2. The fraction of sp³-hybridized carbons (Fsp3) is 0.263. The maximum Gasteiger partial charge on any atom is 0.307 e. The smallest absolute Gasteiger partial charge is 0.307 e. The summed E-state index contributed by atoms with van der Waals surface area (Å²) in [6.45, 7) is 1.75. The van der Waals surface area contributed by atoms with Gasteiger partial charge in [0.1, 0.15) is 5.82 Å². The summed E-state index contributed by atoms with van der Waals surface area (Å²) < 4.78 is 17.7. The molecule has 2 aromatic carbocycles. The van der Waals surface area contributed by atoms with Crippen LogP contribution in [-0.2, 0) is 20.7 Å². The van der Waals surface area contributed by atoms with Gasteiger partial charge in [-0.25, -0.2) is 4.39 Å². The van der Waals surface area contributed by atoms with Crippen LogP contribution in [0.2, 0.25) is 0 Å². The van der Waals surface area contributed by atoms with Crippen molar-refractivity contribution in [3.8, 4) is 0 Å². The van der Waals surface area contributed by atoms with Crippen molar-refractivity contribution < 1.29 is 18.7 Å². The van der Waals surface area contributed by atoms with E-state index in [2.05, 4.69) is 12.2 Å². The van der Waals surface area contributed by atoms with Gasteiger partial charge in [0, 0.05) is 16.3 Å². The van der Waals surface area contributed by atoms with Gasteiger partial charge in [-0.15, -0.1) is 11.8 Å². The first-order valence-corrected chi connectivity index (χ1v) is 8.98. The molecule has 0 radical (unpaired) electrons. The van der Waals surface area contributed by atoms with Gasteiger partial charge in [-0.1, -0.05) is 19.1 Å². The van der Waals surface area contributed by atoms with Crippen LogP contribution in [0.25, 0.3) is 0 Å². The summed E-state index contributed by atoms with van der Waals surface area (Å²) in [5, 5.41) is 2.68. The Morgan fingerprint density at radius 1 is 1.08 bits per heavy atom. The molecule has 4 nitrogen and oxygen atoms in total. The first kappa shape index (κ1) is 19.0. The number of esters is 1. The van der Waals surface area contributed by atoms with Gasteiger partial charge in [-0.05, 0) is 48.4 Å². The molecule has 132 valence electrons. The van der Waals surface area contributed by atoms with Crippen molar-refractivity contribution in [1.29, 1.82) is 0 Å². The average molecular weight is 361 g/mol. The number of aryl methyl sites for hydroxylation is 1. The average Bonchev–Trinajstić information content (AvgIpc) is 2.62. The van der Waals surface area contributed by atoms with E-state index in [9.17, 15) is 14.0 Å². The highest BCUT2D eigenvalue weighted by Gasteiger charge is 2.08. The van der Waals surface area contributed by atoms with E-state index >= 15 is 0 Å². The third kappa shape index (κ3) is 6.97. The van der Waals surface area contributed by atoms with Crippen molar-refractivity contribution in [1.82, 2.24) is 0 Å². The summed E-state index contributed by atoms with van der Waals surface area (Å²) >= 11 is 1.43. The molecule has 0 aliphatic rings. The van der Waals surface area contributed by atoms with Crippen LogP contribution >= 0.6 is 11.8 Å². The topological polar surface area (TPSA) is 55.4 Å². The number of halogens is 1. The molecule has 0 saturated carbocycles. The van der Waals surface area contributed by atoms with Crippen LogP contribution in [0.3, 0.4) is 0 Å². The van der Waals surface area contributed by atoms with E-state index in [4.69, 9.17) is 4.74 Å². The van der Waals surface area contributed by atoms with Crippen LogP contribution in [0, 0.1) is 5.82 Å². The number of hydrogen-bond donors (Lipinski definition) is 1. The molecule has 0 spiro atoms. The van der Waals surface area contributed by atoms with Crippen LogP contribution in [-0.4, -0.2) is 24.2 Å². The van der Waals surface area contributed by atoms with Crippen molar-refractivity contribution in [2.24, 2.45) is 0 Å². The Morgan fingerprint density at radius 2 is 1.76 bits per heavy atom. The predicted molar refractivity (Wildman–Crippen MR) is 97.1 cm³/mol. The standard InChI is InChI=1S/C19H20FNO3S/c1-2-14-3-7-16(8-4-14)21-18(22)13-24-19(23)11-12-25-17-9-5-15(20)6-10-17/h3-10H,2,11-13H2,1H3,(H,21,22). The Bertz CT molecular complexity index is 702. The molecule has 0 atom stereocenters. The van der Waals surface area contributed by atoms with Crippen molar-refractivity contribution in [3.05, 3.63) is 59.9 Å². The lowest BCUT2D eigenvalue weighted by Gasteiger charge is -2.07. The summed E-state index contributed by atoms with van der Waals surface area (Å²) in [7, 11) is 0. The minimum Gasteiger partial charge on any atom is -0.456 e. The Kier molecular flexibility index (Phi) is 7.47. The zero-order chi connectivity index (χ0) is 18.1. The minimum absolute atomic E-state index is 0.181. The molecule has 6 heteroatoms. The molecule has 0 bridgehead atoms. The number of carbonyl (C=O) groups excluding carboxylic acids is 2. The predicted octanol–water partition coefficient (Wildman–Crippen LogP) is 4.05. The molecular formula is C19H20FNO3S. The minimum atomic E-state index is -0.439. The van der Waals surface area contributed by atoms with Crippen LogP contribution in [0.1, 0.15) is 18.9 Å². The van der Waals surface area contributed by atoms with Crippen molar-refractivity contribution in [3.63, 3.8) is 0 Å². The summed E-state index contributed by atoms with van der Waals surface area (Å²) in [6.07, 6.45) is 1.11. The SMILES string of the molecule is CCc1ccc(NC(=O)COC(=O)CCSc2ccc(F)cc2)cc1. The van der Waals surface area contributed by atoms with Gasteiger partial charge in [-0.2, -0.15) is 0 Å². The lowest BCUT2D eigenvalue weighted by atomic mass is 10.1. The monoisotopic (exact) mass is 361 g/mol. The van der Waals surface area contributed by atoms with Gasteiger partial charge in [0.05, 0.1) is 6.42 Å². The molecule has 0 saturated heterocycles. The highest BCUT2D eigenvalue weighted by molar-refractivity contribution is 7.99. The lowest BCUT2D eigenvalue weighted by molar-refractivity contribution is -0.146. The van der Waals surface area contributed by atoms with Crippen LogP contribution in [0.15, 0.2) is 53.4 Å². The summed E-state index contributed by atoms with van der Waals surface area (Å²) in [5.74, 6) is -0.598. The molecule has 1 N–H and O–H groups in total. The number of hydrogen-bond acceptors (Lipinski definition) is 4. The van der Waals surface area contributed by atoms with Gasteiger partial charge in [0.25, 0.3) is 5.91 Å². The van der Waals surface area contributed by atoms with E-state index in [0.29, 0.717) is 11.4 Å². The Hall–Kier alpha value is -2.34. The number of amides is 1. The molecule has 25 heavy (non-hydrogen) atoms. The van der Waals surface area contributed by atoms with Crippen molar-refractivity contribution in [2.75, 3.05) is 17.7 Å². The highest BCUT2D eigenvalue weighted by atomic mass is 32.2. The normalized spacial score (nSPS) is 10.3. The fourth-order valence-electron chi connectivity index (χ4n) is 2.02. The Labute approximate surface area is 150 Å². The molecule has 0 aliphatic heterocycles. The zero-order valence-corrected chi connectivity index (χ0v) is 14.8. The second kappa shape index (κ2) is 9.84. The molecule has 0 unspecified atom stereocenters. The molecule has 2 aromatic rings. The third-order valence-corrected chi connectivity index (χ3v) is 4.41. The molecule has 0 aliphatic carbocycles. The van der Waals surface area contributed by atoms with Crippen LogP contribution in [0.4, 0.5) is 10.1 Å². The van der Waals surface area contributed by atoms with E-state index in [1.165, 1.54) is 29.5 Å². The maximum absolute atomic E-state index is 12.8. The van der Waals surface area contributed by atoms with Gasteiger partial charge in [-0.3, -0.25) is 9.59 Å². The van der Waals surface area contributed by atoms with Gasteiger partial charge in [0.15, 0.2) is 6.61 Å². The molecule has 1 amide bonds. The number of rotatable bonds is 8. The number of thioether (sulfide) groups is 1. The third-order valence-electron chi connectivity index (χ3n) is 3.40. The molecule has 0 fully saturated rings. The number of nitrogens with one attached hydrogen (secondary N) is 1. The number of carbonyl (C=O) groups is 2. The lowest BCUT2D eigenvalue weighted by Crippen LogP contribution is -2.21. The first-order valence-electron chi connectivity index (χ1n) is 7.99. The van der Waals surface area contributed by atoms with E-state index in [1.54, 1.807) is 12.1 Å².